The molecule has 1 unspecified atom stereocenters. The van der Waals surface area contributed by atoms with Gasteiger partial charge in [-0.05, 0) is 52.7 Å². The Bertz CT molecular complexity index is 575. The van der Waals surface area contributed by atoms with E-state index in [4.69, 9.17) is 9.47 Å². The summed E-state index contributed by atoms with van der Waals surface area (Å²) in [6, 6.07) is 9.28. The minimum atomic E-state index is -0.595. The Labute approximate surface area is 150 Å². The molecular weight excluding hydrogens is 318 g/mol. The lowest BCUT2D eigenvalue weighted by Gasteiger charge is -2.23. The third-order valence-corrected chi connectivity index (χ3v) is 3.24. The molecule has 138 valence electrons. The fourth-order valence-electron chi connectivity index (χ4n) is 2.31. The molecular formula is C20H29NO4. The van der Waals surface area contributed by atoms with Crippen LogP contribution in [0.3, 0.4) is 0 Å². The van der Waals surface area contributed by atoms with Crippen LogP contribution in [0.2, 0.25) is 0 Å². The van der Waals surface area contributed by atoms with Crippen LogP contribution < -0.4 is 5.32 Å². The predicted molar refractivity (Wildman–Crippen MR) is 98.3 cm³/mol. The maximum Gasteiger partial charge on any atom is 0.407 e. The molecule has 0 aliphatic heterocycles. The molecule has 0 spiro atoms. The van der Waals surface area contributed by atoms with E-state index in [0.717, 1.165) is 5.56 Å². The standard InChI is InChI=1S/C20H29NO4/c1-6-10-15(2)24-18(22)14-17(13-16-11-8-7-9-12-16)21-19(23)25-20(3,4)5/h6-12,15,17H,13-14H2,1-5H3,(H,21,23)/b10-6+/t15?,17-/m0/s1. The number of alkyl carbamates (subject to hydrolysis) is 1. The highest BCUT2D eigenvalue weighted by Crippen LogP contribution is 2.11. The number of carbonyl (C=O) groups is 2. The van der Waals surface area contributed by atoms with Crippen LogP contribution in [0.25, 0.3) is 0 Å². The zero-order chi connectivity index (χ0) is 18.9. The van der Waals surface area contributed by atoms with Crippen molar-refractivity contribution >= 4 is 12.1 Å². The van der Waals surface area contributed by atoms with Gasteiger partial charge >= 0.3 is 12.1 Å². The molecule has 1 aromatic carbocycles. The van der Waals surface area contributed by atoms with Crippen LogP contribution in [0.15, 0.2) is 42.5 Å². The number of ether oxygens (including phenoxy) is 2. The second-order valence-electron chi connectivity index (χ2n) is 6.96. The molecule has 5 heteroatoms. The van der Waals surface area contributed by atoms with E-state index >= 15 is 0 Å². The lowest BCUT2D eigenvalue weighted by atomic mass is 10.0. The summed E-state index contributed by atoms with van der Waals surface area (Å²) in [5.41, 5.74) is 0.431. The van der Waals surface area contributed by atoms with Crippen molar-refractivity contribution in [3.8, 4) is 0 Å². The summed E-state index contributed by atoms with van der Waals surface area (Å²) in [4.78, 5) is 24.2. The van der Waals surface area contributed by atoms with Gasteiger partial charge < -0.3 is 14.8 Å². The van der Waals surface area contributed by atoms with Gasteiger partial charge in [0.15, 0.2) is 0 Å². The zero-order valence-corrected chi connectivity index (χ0v) is 15.7. The highest BCUT2D eigenvalue weighted by Gasteiger charge is 2.22. The fourth-order valence-corrected chi connectivity index (χ4v) is 2.31. The predicted octanol–water partition coefficient (Wildman–Crippen LogP) is 4.02. The van der Waals surface area contributed by atoms with Crippen molar-refractivity contribution in [2.45, 2.75) is 65.2 Å². The number of benzene rings is 1. The first-order chi connectivity index (χ1) is 11.7. The molecule has 0 heterocycles. The number of rotatable bonds is 7. The Morgan fingerprint density at radius 2 is 1.84 bits per heavy atom. The molecule has 0 saturated carbocycles. The smallest absolute Gasteiger partial charge is 0.407 e. The fraction of sp³-hybridized carbons (Fsp3) is 0.500. The van der Waals surface area contributed by atoms with Gasteiger partial charge in [-0.1, -0.05) is 36.4 Å². The van der Waals surface area contributed by atoms with Crippen molar-refractivity contribution in [3.63, 3.8) is 0 Å². The quantitative estimate of drug-likeness (QED) is 0.598. The molecule has 0 fully saturated rings. The first-order valence-corrected chi connectivity index (χ1v) is 8.55. The second-order valence-corrected chi connectivity index (χ2v) is 6.96. The average molecular weight is 347 g/mol. The van der Waals surface area contributed by atoms with Crippen LogP contribution in [0.1, 0.15) is 46.6 Å². The zero-order valence-electron chi connectivity index (χ0n) is 15.7. The Morgan fingerprint density at radius 1 is 1.20 bits per heavy atom. The Morgan fingerprint density at radius 3 is 2.40 bits per heavy atom. The van der Waals surface area contributed by atoms with Gasteiger partial charge in [0.1, 0.15) is 11.7 Å². The van der Waals surface area contributed by atoms with Crippen molar-refractivity contribution in [3.05, 3.63) is 48.0 Å². The van der Waals surface area contributed by atoms with Crippen LogP contribution in [0.4, 0.5) is 4.79 Å². The van der Waals surface area contributed by atoms with Crippen molar-refractivity contribution < 1.29 is 19.1 Å². The summed E-state index contributed by atoms with van der Waals surface area (Å²) >= 11 is 0. The van der Waals surface area contributed by atoms with E-state index in [2.05, 4.69) is 5.32 Å². The van der Waals surface area contributed by atoms with Crippen molar-refractivity contribution in [1.82, 2.24) is 5.32 Å². The number of esters is 1. The van der Waals surface area contributed by atoms with E-state index in [1.165, 1.54) is 0 Å². The number of hydrogen-bond donors (Lipinski definition) is 1. The minimum absolute atomic E-state index is 0.0794. The van der Waals surface area contributed by atoms with Gasteiger partial charge in [-0.3, -0.25) is 4.79 Å². The largest absolute Gasteiger partial charge is 0.458 e. The summed E-state index contributed by atoms with van der Waals surface area (Å²) < 4.78 is 10.6. The van der Waals surface area contributed by atoms with Crippen molar-refractivity contribution in [1.29, 1.82) is 0 Å². The lowest BCUT2D eigenvalue weighted by molar-refractivity contribution is -0.146. The number of allylic oxidation sites excluding steroid dienone is 1. The molecule has 2 atom stereocenters. The SMILES string of the molecule is C/C=C/C(C)OC(=O)C[C@H](Cc1ccccc1)NC(=O)OC(C)(C)C. The van der Waals surface area contributed by atoms with E-state index in [0.29, 0.717) is 6.42 Å². The van der Waals surface area contributed by atoms with Crippen LogP contribution in [0.5, 0.6) is 0 Å². The molecule has 25 heavy (non-hydrogen) atoms. The molecule has 1 N–H and O–H groups in total. The molecule has 1 aromatic rings. The monoisotopic (exact) mass is 347 g/mol. The molecule has 0 saturated heterocycles. The Balaban J connectivity index is 2.73. The number of carbonyl (C=O) groups excluding carboxylic acids is 2. The van der Waals surface area contributed by atoms with Gasteiger partial charge in [-0.2, -0.15) is 0 Å². The molecule has 0 aliphatic carbocycles. The van der Waals surface area contributed by atoms with Crippen LogP contribution in [0, 0.1) is 0 Å². The van der Waals surface area contributed by atoms with E-state index in [9.17, 15) is 9.59 Å². The Kier molecular flexibility index (Phi) is 8.19. The van der Waals surface area contributed by atoms with Gasteiger partial charge in [-0.15, -0.1) is 0 Å². The third-order valence-electron chi connectivity index (χ3n) is 3.24. The summed E-state index contributed by atoms with van der Waals surface area (Å²) in [6.45, 7) is 9.06. The van der Waals surface area contributed by atoms with E-state index in [1.807, 2.05) is 43.3 Å². The van der Waals surface area contributed by atoms with E-state index in [-0.39, 0.29) is 18.5 Å². The molecule has 1 amide bonds. The van der Waals surface area contributed by atoms with E-state index < -0.39 is 17.7 Å². The van der Waals surface area contributed by atoms with Gasteiger partial charge in [0.05, 0.1) is 6.42 Å². The minimum Gasteiger partial charge on any atom is -0.458 e. The van der Waals surface area contributed by atoms with Gasteiger partial charge in [0.25, 0.3) is 0 Å². The van der Waals surface area contributed by atoms with Crippen LogP contribution in [-0.4, -0.2) is 29.8 Å². The first kappa shape index (κ1) is 20.7. The molecule has 0 aliphatic rings. The summed E-state index contributed by atoms with van der Waals surface area (Å²) in [7, 11) is 0. The average Bonchev–Trinajstić information content (AvgIpc) is 2.45. The maximum atomic E-state index is 12.1. The molecule has 5 nitrogen and oxygen atoms in total. The third kappa shape index (κ3) is 9.55. The first-order valence-electron chi connectivity index (χ1n) is 8.55. The number of nitrogens with one attached hydrogen (secondary N) is 1. The van der Waals surface area contributed by atoms with Gasteiger partial charge in [0, 0.05) is 6.04 Å². The van der Waals surface area contributed by atoms with Gasteiger partial charge in [-0.25, -0.2) is 4.79 Å². The van der Waals surface area contributed by atoms with Crippen molar-refractivity contribution in [2.24, 2.45) is 0 Å². The van der Waals surface area contributed by atoms with Crippen molar-refractivity contribution in [2.75, 3.05) is 0 Å². The number of hydrogen-bond acceptors (Lipinski definition) is 4. The Hall–Kier alpha value is -2.30. The highest BCUT2D eigenvalue weighted by atomic mass is 16.6. The molecule has 0 aromatic heterocycles. The molecule has 0 radical (unpaired) electrons. The summed E-state index contributed by atoms with van der Waals surface area (Å²) in [5, 5.41) is 2.78. The normalized spacial score (nSPS) is 14.0. The second kappa shape index (κ2) is 9.87. The molecule has 0 bridgehead atoms. The molecule has 1 rings (SSSR count). The summed E-state index contributed by atoms with van der Waals surface area (Å²) in [5.74, 6) is -0.359. The lowest BCUT2D eigenvalue weighted by Crippen LogP contribution is -2.41. The topological polar surface area (TPSA) is 64.6 Å². The maximum absolute atomic E-state index is 12.1. The van der Waals surface area contributed by atoms with E-state index in [1.54, 1.807) is 33.8 Å². The summed E-state index contributed by atoms with van der Waals surface area (Å²) in [6.07, 6.45) is 3.39. The number of amides is 1. The van der Waals surface area contributed by atoms with Crippen LogP contribution in [-0.2, 0) is 20.7 Å². The van der Waals surface area contributed by atoms with Crippen LogP contribution >= 0.6 is 0 Å². The van der Waals surface area contributed by atoms with Gasteiger partial charge in [0.2, 0.25) is 0 Å². The highest BCUT2D eigenvalue weighted by molar-refractivity contribution is 5.73.